The van der Waals surface area contributed by atoms with Gasteiger partial charge in [0.25, 0.3) is 0 Å². The van der Waals surface area contributed by atoms with Crippen molar-refractivity contribution in [3.05, 3.63) is 41.2 Å². The third-order valence-electron chi connectivity index (χ3n) is 3.11. The lowest BCUT2D eigenvalue weighted by atomic mass is 9.83. The Labute approximate surface area is 119 Å². The third-order valence-corrected chi connectivity index (χ3v) is 3.11. The molecule has 0 unspecified atom stereocenters. The summed E-state index contributed by atoms with van der Waals surface area (Å²) in [5.74, 6) is -0.571. The SMILES string of the molecule is CCOC(=O)C=CC(C)(C)c1ccc(C)c(F)c1OC. The van der Waals surface area contributed by atoms with E-state index in [1.807, 2.05) is 19.9 Å². The van der Waals surface area contributed by atoms with Crippen LogP contribution in [0.25, 0.3) is 0 Å². The molecule has 0 aliphatic heterocycles. The Morgan fingerprint density at radius 3 is 2.60 bits per heavy atom. The zero-order valence-corrected chi connectivity index (χ0v) is 12.6. The predicted molar refractivity (Wildman–Crippen MR) is 76.5 cm³/mol. The number of esters is 1. The number of halogens is 1. The van der Waals surface area contributed by atoms with Crippen molar-refractivity contribution >= 4 is 5.97 Å². The topological polar surface area (TPSA) is 35.5 Å². The van der Waals surface area contributed by atoms with Crippen molar-refractivity contribution in [1.29, 1.82) is 0 Å². The molecule has 0 spiro atoms. The molecule has 0 radical (unpaired) electrons. The maximum absolute atomic E-state index is 14.1. The van der Waals surface area contributed by atoms with Gasteiger partial charge in [0.2, 0.25) is 0 Å². The van der Waals surface area contributed by atoms with Crippen molar-refractivity contribution in [2.45, 2.75) is 33.1 Å². The molecular formula is C16H21FO3. The lowest BCUT2D eigenvalue weighted by Gasteiger charge is -2.24. The number of allylic oxidation sites excluding steroid dienone is 1. The van der Waals surface area contributed by atoms with Gasteiger partial charge in [-0.3, -0.25) is 0 Å². The van der Waals surface area contributed by atoms with Crippen LogP contribution in [0.2, 0.25) is 0 Å². The highest BCUT2D eigenvalue weighted by atomic mass is 19.1. The molecule has 0 N–H and O–H groups in total. The second-order valence-corrected chi connectivity index (χ2v) is 5.08. The number of hydrogen-bond acceptors (Lipinski definition) is 3. The van der Waals surface area contributed by atoms with Crippen LogP contribution in [0.5, 0.6) is 5.75 Å². The predicted octanol–water partition coefficient (Wildman–Crippen LogP) is 3.54. The Bertz CT molecular complexity index is 519. The first-order valence-corrected chi connectivity index (χ1v) is 6.53. The number of aryl methyl sites for hydroxylation is 1. The second-order valence-electron chi connectivity index (χ2n) is 5.08. The molecule has 0 amide bonds. The standard InChI is InChI=1S/C16H21FO3/c1-6-20-13(18)9-10-16(3,4)12-8-7-11(2)14(17)15(12)19-5/h7-10H,6H2,1-5H3. The first-order chi connectivity index (χ1) is 9.33. The Morgan fingerprint density at radius 1 is 1.40 bits per heavy atom. The van der Waals surface area contributed by atoms with E-state index in [9.17, 15) is 9.18 Å². The highest BCUT2D eigenvalue weighted by molar-refractivity contribution is 5.82. The van der Waals surface area contributed by atoms with Crippen LogP contribution in [0.1, 0.15) is 31.9 Å². The molecule has 0 aliphatic rings. The van der Waals surface area contributed by atoms with Gasteiger partial charge in [0.15, 0.2) is 11.6 Å². The van der Waals surface area contributed by atoms with Crippen LogP contribution in [0, 0.1) is 12.7 Å². The number of benzene rings is 1. The highest BCUT2D eigenvalue weighted by Crippen LogP contribution is 2.35. The molecule has 3 nitrogen and oxygen atoms in total. The van der Waals surface area contributed by atoms with E-state index in [-0.39, 0.29) is 11.6 Å². The summed E-state index contributed by atoms with van der Waals surface area (Å²) < 4.78 is 24.1. The van der Waals surface area contributed by atoms with Crippen LogP contribution in [0.3, 0.4) is 0 Å². The maximum atomic E-state index is 14.1. The van der Waals surface area contributed by atoms with Crippen LogP contribution in [0.4, 0.5) is 4.39 Å². The fourth-order valence-electron chi connectivity index (χ4n) is 1.92. The van der Waals surface area contributed by atoms with E-state index in [0.29, 0.717) is 17.7 Å². The number of ether oxygens (including phenoxy) is 2. The molecule has 4 heteroatoms. The van der Waals surface area contributed by atoms with Crippen LogP contribution >= 0.6 is 0 Å². The monoisotopic (exact) mass is 280 g/mol. The normalized spacial score (nSPS) is 11.7. The Kier molecular flexibility index (Phi) is 5.31. The minimum atomic E-state index is -0.549. The zero-order valence-electron chi connectivity index (χ0n) is 12.6. The Hall–Kier alpha value is -1.84. The van der Waals surface area contributed by atoms with Crippen LogP contribution < -0.4 is 4.74 Å². The van der Waals surface area contributed by atoms with E-state index in [1.165, 1.54) is 13.2 Å². The van der Waals surface area contributed by atoms with E-state index >= 15 is 0 Å². The lowest BCUT2D eigenvalue weighted by molar-refractivity contribution is -0.137. The van der Waals surface area contributed by atoms with Gasteiger partial charge in [-0.05, 0) is 19.4 Å². The van der Waals surface area contributed by atoms with E-state index in [4.69, 9.17) is 9.47 Å². The molecule has 20 heavy (non-hydrogen) atoms. The summed E-state index contributed by atoms with van der Waals surface area (Å²) in [6.07, 6.45) is 3.05. The van der Waals surface area contributed by atoms with Gasteiger partial charge >= 0.3 is 5.97 Å². The van der Waals surface area contributed by atoms with Gasteiger partial charge < -0.3 is 9.47 Å². The van der Waals surface area contributed by atoms with E-state index in [0.717, 1.165) is 0 Å². The van der Waals surface area contributed by atoms with Crippen LogP contribution in [-0.2, 0) is 14.9 Å². The van der Waals surface area contributed by atoms with Crippen LogP contribution in [-0.4, -0.2) is 19.7 Å². The molecule has 1 aromatic rings. The Balaban J connectivity index is 3.15. The summed E-state index contributed by atoms with van der Waals surface area (Å²) in [7, 11) is 1.44. The molecular weight excluding hydrogens is 259 g/mol. The largest absolute Gasteiger partial charge is 0.493 e. The van der Waals surface area contributed by atoms with Crippen molar-refractivity contribution < 1.29 is 18.7 Å². The maximum Gasteiger partial charge on any atom is 0.330 e. The van der Waals surface area contributed by atoms with E-state index in [1.54, 1.807) is 26.0 Å². The second kappa shape index (κ2) is 6.55. The quantitative estimate of drug-likeness (QED) is 0.611. The first kappa shape index (κ1) is 16.2. The molecule has 0 atom stereocenters. The summed E-state index contributed by atoms with van der Waals surface area (Å²) in [6, 6.07) is 3.51. The van der Waals surface area contributed by atoms with Crippen LogP contribution in [0.15, 0.2) is 24.3 Å². The molecule has 0 bridgehead atoms. The zero-order chi connectivity index (χ0) is 15.3. The fraction of sp³-hybridized carbons (Fsp3) is 0.438. The molecule has 0 saturated heterocycles. The average Bonchev–Trinajstić information content (AvgIpc) is 2.39. The summed E-state index contributed by atoms with van der Waals surface area (Å²) in [6.45, 7) is 7.52. The third kappa shape index (κ3) is 3.59. The van der Waals surface area contributed by atoms with Crippen molar-refractivity contribution in [2.75, 3.05) is 13.7 Å². The van der Waals surface area contributed by atoms with Crippen molar-refractivity contribution in [2.24, 2.45) is 0 Å². The van der Waals surface area contributed by atoms with Crippen molar-refractivity contribution in [1.82, 2.24) is 0 Å². The number of hydrogen-bond donors (Lipinski definition) is 0. The Morgan fingerprint density at radius 2 is 2.05 bits per heavy atom. The fourth-order valence-corrected chi connectivity index (χ4v) is 1.92. The van der Waals surface area contributed by atoms with Gasteiger partial charge in [-0.1, -0.05) is 32.1 Å². The first-order valence-electron chi connectivity index (χ1n) is 6.53. The van der Waals surface area contributed by atoms with E-state index in [2.05, 4.69) is 0 Å². The highest BCUT2D eigenvalue weighted by Gasteiger charge is 2.25. The smallest absolute Gasteiger partial charge is 0.330 e. The number of carbonyl (C=O) groups excluding carboxylic acids is 1. The van der Waals surface area contributed by atoms with Gasteiger partial charge in [-0.15, -0.1) is 0 Å². The minimum absolute atomic E-state index is 0.212. The molecule has 0 fully saturated rings. The summed E-state index contributed by atoms with van der Waals surface area (Å²) in [4.78, 5) is 11.4. The molecule has 110 valence electrons. The molecule has 0 aromatic heterocycles. The van der Waals surface area contributed by atoms with Gasteiger partial charge in [-0.25, -0.2) is 9.18 Å². The number of carbonyl (C=O) groups is 1. The van der Waals surface area contributed by atoms with Gasteiger partial charge in [-0.2, -0.15) is 0 Å². The average molecular weight is 280 g/mol. The van der Waals surface area contributed by atoms with Gasteiger partial charge in [0.1, 0.15) is 0 Å². The minimum Gasteiger partial charge on any atom is -0.493 e. The van der Waals surface area contributed by atoms with Gasteiger partial charge in [0, 0.05) is 17.1 Å². The summed E-state index contributed by atoms with van der Waals surface area (Å²) in [5, 5.41) is 0. The lowest BCUT2D eigenvalue weighted by Crippen LogP contribution is -2.17. The summed E-state index contributed by atoms with van der Waals surface area (Å²) >= 11 is 0. The van der Waals surface area contributed by atoms with Gasteiger partial charge in [0.05, 0.1) is 13.7 Å². The summed E-state index contributed by atoms with van der Waals surface area (Å²) in [5.41, 5.74) is 0.659. The molecule has 0 heterocycles. The number of methoxy groups -OCH3 is 1. The molecule has 1 aromatic carbocycles. The van der Waals surface area contributed by atoms with Crippen molar-refractivity contribution in [3.8, 4) is 5.75 Å². The van der Waals surface area contributed by atoms with Crippen molar-refractivity contribution in [3.63, 3.8) is 0 Å². The molecule has 0 saturated carbocycles. The molecule has 0 aliphatic carbocycles. The molecule has 1 rings (SSSR count). The number of rotatable bonds is 5. The van der Waals surface area contributed by atoms with E-state index < -0.39 is 11.4 Å².